The van der Waals surface area contributed by atoms with Crippen LogP contribution in [0.5, 0.6) is 0 Å². The molecule has 1 aromatic carbocycles. The van der Waals surface area contributed by atoms with Crippen molar-refractivity contribution < 1.29 is 0 Å². The van der Waals surface area contributed by atoms with E-state index in [1.165, 1.54) is 50.0 Å². The number of likely N-dealkylation sites (tertiary alicyclic amines) is 1. The molecule has 1 aliphatic rings. The highest BCUT2D eigenvalue weighted by Gasteiger charge is 2.11. The number of rotatable bonds is 7. The lowest BCUT2D eigenvalue weighted by molar-refractivity contribution is 0.226. The van der Waals surface area contributed by atoms with Gasteiger partial charge >= 0.3 is 0 Å². The van der Waals surface area contributed by atoms with Gasteiger partial charge in [-0.1, -0.05) is 44.5 Å². The first-order valence-corrected chi connectivity index (χ1v) is 8.38. The van der Waals surface area contributed by atoms with E-state index in [1.54, 1.807) is 0 Å². The van der Waals surface area contributed by atoms with Crippen molar-refractivity contribution in [2.45, 2.75) is 52.0 Å². The molecule has 0 spiro atoms. The molecule has 1 heterocycles. The van der Waals surface area contributed by atoms with E-state index in [1.807, 2.05) is 0 Å². The maximum Gasteiger partial charge on any atom is 0.0318 e. The fourth-order valence-corrected chi connectivity index (χ4v) is 3.06. The SMILES string of the molecule is CCc1ccc(C(CC)NCCN2CCCCC2)cc1. The number of hydrogen-bond acceptors (Lipinski definition) is 2. The summed E-state index contributed by atoms with van der Waals surface area (Å²) in [5.41, 5.74) is 2.86. The Hall–Kier alpha value is -0.860. The number of hydrogen-bond donors (Lipinski definition) is 1. The summed E-state index contributed by atoms with van der Waals surface area (Å²) < 4.78 is 0. The largest absolute Gasteiger partial charge is 0.309 e. The highest BCUT2D eigenvalue weighted by atomic mass is 15.1. The Labute approximate surface area is 124 Å². The Bertz CT molecular complexity index is 366. The third-order valence-corrected chi connectivity index (χ3v) is 4.47. The maximum absolute atomic E-state index is 3.73. The third-order valence-electron chi connectivity index (χ3n) is 4.47. The minimum Gasteiger partial charge on any atom is -0.309 e. The Morgan fingerprint density at radius 1 is 1.05 bits per heavy atom. The molecule has 0 bridgehead atoms. The highest BCUT2D eigenvalue weighted by Crippen LogP contribution is 2.17. The van der Waals surface area contributed by atoms with Crippen LogP contribution in [0.4, 0.5) is 0 Å². The van der Waals surface area contributed by atoms with Gasteiger partial charge in [-0.2, -0.15) is 0 Å². The Morgan fingerprint density at radius 2 is 1.75 bits per heavy atom. The van der Waals surface area contributed by atoms with Gasteiger partial charge < -0.3 is 10.2 Å². The lowest BCUT2D eigenvalue weighted by atomic mass is 10.0. The molecule has 1 N–H and O–H groups in total. The van der Waals surface area contributed by atoms with E-state index in [4.69, 9.17) is 0 Å². The molecule has 1 saturated heterocycles. The van der Waals surface area contributed by atoms with Crippen molar-refractivity contribution in [1.82, 2.24) is 10.2 Å². The van der Waals surface area contributed by atoms with Gasteiger partial charge in [0.15, 0.2) is 0 Å². The van der Waals surface area contributed by atoms with E-state index in [0.29, 0.717) is 6.04 Å². The molecule has 2 rings (SSSR count). The van der Waals surface area contributed by atoms with Gasteiger partial charge in [-0.3, -0.25) is 0 Å². The zero-order valence-electron chi connectivity index (χ0n) is 13.2. The highest BCUT2D eigenvalue weighted by molar-refractivity contribution is 5.25. The van der Waals surface area contributed by atoms with Crippen LogP contribution in [0.25, 0.3) is 0 Å². The van der Waals surface area contributed by atoms with Gasteiger partial charge in [0.1, 0.15) is 0 Å². The number of benzene rings is 1. The van der Waals surface area contributed by atoms with Gasteiger partial charge in [0.05, 0.1) is 0 Å². The van der Waals surface area contributed by atoms with Gasteiger partial charge in [-0.05, 0) is 49.9 Å². The number of nitrogens with one attached hydrogen (secondary N) is 1. The van der Waals surface area contributed by atoms with Gasteiger partial charge in [0.25, 0.3) is 0 Å². The second kappa shape index (κ2) is 8.43. The Morgan fingerprint density at radius 3 is 2.35 bits per heavy atom. The van der Waals surface area contributed by atoms with Crippen molar-refractivity contribution in [3.05, 3.63) is 35.4 Å². The van der Waals surface area contributed by atoms with Crippen molar-refractivity contribution in [2.24, 2.45) is 0 Å². The summed E-state index contributed by atoms with van der Waals surface area (Å²) in [6.45, 7) is 9.38. The van der Waals surface area contributed by atoms with E-state index in [2.05, 4.69) is 48.3 Å². The van der Waals surface area contributed by atoms with Gasteiger partial charge in [0, 0.05) is 19.1 Å². The molecule has 1 unspecified atom stereocenters. The van der Waals surface area contributed by atoms with E-state index >= 15 is 0 Å². The monoisotopic (exact) mass is 274 g/mol. The van der Waals surface area contributed by atoms with E-state index in [-0.39, 0.29) is 0 Å². The zero-order valence-corrected chi connectivity index (χ0v) is 13.2. The van der Waals surface area contributed by atoms with Crippen molar-refractivity contribution >= 4 is 0 Å². The third kappa shape index (κ3) is 4.60. The predicted octanol–water partition coefficient (Wildman–Crippen LogP) is 3.78. The molecule has 2 nitrogen and oxygen atoms in total. The summed E-state index contributed by atoms with van der Waals surface area (Å²) in [5.74, 6) is 0. The number of piperidine rings is 1. The normalized spacial score (nSPS) is 18.1. The summed E-state index contributed by atoms with van der Waals surface area (Å²) in [6.07, 6.45) is 6.47. The molecular formula is C18H30N2. The van der Waals surface area contributed by atoms with Gasteiger partial charge in [-0.25, -0.2) is 0 Å². The van der Waals surface area contributed by atoms with Crippen LogP contribution >= 0.6 is 0 Å². The zero-order chi connectivity index (χ0) is 14.2. The topological polar surface area (TPSA) is 15.3 Å². The van der Waals surface area contributed by atoms with Crippen LogP contribution in [0.1, 0.15) is 56.7 Å². The summed E-state index contributed by atoms with van der Waals surface area (Å²) in [4.78, 5) is 2.60. The van der Waals surface area contributed by atoms with Crippen molar-refractivity contribution in [3.8, 4) is 0 Å². The Kier molecular flexibility index (Phi) is 6.55. The lowest BCUT2D eigenvalue weighted by Gasteiger charge is -2.27. The molecule has 1 aliphatic heterocycles. The Balaban J connectivity index is 1.78. The minimum atomic E-state index is 0.505. The quantitative estimate of drug-likeness (QED) is 0.814. The van der Waals surface area contributed by atoms with Gasteiger partial charge in [0.2, 0.25) is 0 Å². The van der Waals surface area contributed by atoms with Crippen molar-refractivity contribution in [1.29, 1.82) is 0 Å². The smallest absolute Gasteiger partial charge is 0.0318 e. The molecular weight excluding hydrogens is 244 g/mol. The molecule has 1 fully saturated rings. The fourth-order valence-electron chi connectivity index (χ4n) is 3.06. The van der Waals surface area contributed by atoms with E-state index in [0.717, 1.165) is 19.4 Å². The van der Waals surface area contributed by atoms with Crippen LogP contribution in [-0.4, -0.2) is 31.1 Å². The number of nitrogens with zero attached hydrogens (tertiary/aromatic N) is 1. The summed E-state index contributed by atoms with van der Waals surface area (Å²) in [7, 11) is 0. The summed E-state index contributed by atoms with van der Waals surface area (Å²) in [5, 5.41) is 3.73. The second-order valence-corrected chi connectivity index (χ2v) is 5.91. The fraction of sp³-hybridized carbons (Fsp3) is 0.667. The molecule has 1 atom stereocenters. The van der Waals surface area contributed by atoms with Crippen LogP contribution in [0.15, 0.2) is 24.3 Å². The predicted molar refractivity (Wildman–Crippen MR) is 87.1 cm³/mol. The number of aryl methyl sites for hydroxylation is 1. The molecule has 0 aromatic heterocycles. The van der Waals surface area contributed by atoms with Crippen LogP contribution in [0.2, 0.25) is 0 Å². The van der Waals surface area contributed by atoms with E-state index in [9.17, 15) is 0 Å². The maximum atomic E-state index is 3.73. The van der Waals surface area contributed by atoms with Crippen molar-refractivity contribution in [2.75, 3.05) is 26.2 Å². The average Bonchev–Trinajstić information content (AvgIpc) is 2.53. The van der Waals surface area contributed by atoms with Crippen LogP contribution in [0, 0.1) is 0 Å². The van der Waals surface area contributed by atoms with Crippen LogP contribution in [-0.2, 0) is 6.42 Å². The standard InChI is InChI=1S/C18H30N2/c1-3-16-8-10-17(11-9-16)18(4-2)19-12-15-20-13-6-5-7-14-20/h8-11,18-19H,3-7,12-15H2,1-2H3. The molecule has 112 valence electrons. The average molecular weight is 274 g/mol. The molecule has 20 heavy (non-hydrogen) atoms. The molecule has 1 aromatic rings. The first-order valence-electron chi connectivity index (χ1n) is 8.38. The first-order chi connectivity index (χ1) is 9.83. The minimum absolute atomic E-state index is 0.505. The molecule has 2 heteroatoms. The molecule has 0 amide bonds. The van der Waals surface area contributed by atoms with Gasteiger partial charge in [-0.15, -0.1) is 0 Å². The van der Waals surface area contributed by atoms with Crippen molar-refractivity contribution in [3.63, 3.8) is 0 Å². The lowest BCUT2D eigenvalue weighted by Crippen LogP contribution is -2.36. The molecule has 0 saturated carbocycles. The first kappa shape index (κ1) is 15.5. The summed E-state index contributed by atoms with van der Waals surface area (Å²) in [6, 6.07) is 9.63. The van der Waals surface area contributed by atoms with Crippen LogP contribution < -0.4 is 5.32 Å². The van der Waals surface area contributed by atoms with Crippen LogP contribution in [0.3, 0.4) is 0 Å². The molecule has 0 radical (unpaired) electrons. The second-order valence-electron chi connectivity index (χ2n) is 5.91. The summed E-state index contributed by atoms with van der Waals surface area (Å²) >= 11 is 0. The van der Waals surface area contributed by atoms with E-state index < -0.39 is 0 Å². The molecule has 0 aliphatic carbocycles.